The maximum atomic E-state index is 9.39. The molecule has 0 atom stereocenters. The van der Waals surface area contributed by atoms with Gasteiger partial charge in [-0.15, -0.1) is 0 Å². The fourth-order valence-electron chi connectivity index (χ4n) is 4.06. The number of nitrogens with zero attached hydrogens (tertiary/aromatic N) is 2. The number of aryl methyl sites for hydroxylation is 2. The van der Waals surface area contributed by atoms with E-state index < -0.39 is 0 Å². The van der Waals surface area contributed by atoms with Crippen molar-refractivity contribution in [3.05, 3.63) is 70.2 Å². The van der Waals surface area contributed by atoms with Crippen molar-refractivity contribution in [3.63, 3.8) is 0 Å². The monoisotopic (exact) mass is 398 g/mol. The van der Waals surface area contributed by atoms with E-state index in [-0.39, 0.29) is 0 Å². The van der Waals surface area contributed by atoms with Gasteiger partial charge in [-0.1, -0.05) is 59.6 Å². The minimum atomic E-state index is 0.694. The first-order valence-electron chi connectivity index (χ1n) is 10.5. The molecular weight excluding hydrogens is 368 g/mol. The van der Waals surface area contributed by atoms with Crippen molar-refractivity contribution in [2.75, 3.05) is 19.6 Å². The van der Waals surface area contributed by atoms with E-state index in [0.29, 0.717) is 5.02 Å². The van der Waals surface area contributed by atoms with Crippen LogP contribution in [-0.4, -0.2) is 35.5 Å². The van der Waals surface area contributed by atoms with Gasteiger partial charge in [0, 0.05) is 5.02 Å². The normalized spacial score (nSPS) is 15.7. The van der Waals surface area contributed by atoms with Crippen LogP contribution < -0.4 is 0 Å². The van der Waals surface area contributed by atoms with Crippen LogP contribution in [0.1, 0.15) is 55.2 Å². The summed E-state index contributed by atoms with van der Waals surface area (Å²) < 4.78 is 0. The summed E-state index contributed by atoms with van der Waals surface area (Å²) in [6, 6.07) is 16.3. The molecule has 0 aliphatic carbocycles. The maximum absolute atomic E-state index is 9.39. The molecule has 150 valence electrons. The standard InChI is InChI=1S/C24H31ClN2O/c25-23-15-13-22(14-16-23)24(26-28)12-6-10-20-8-2-3-9-21(20)11-7-19-27-17-4-1-5-18-27/h2-3,8-9,13-16,28H,1,4-7,10-12,17-19H2. The van der Waals surface area contributed by atoms with Crippen molar-refractivity contribution in [1.29, 1.82) is 0 Å². The van der Waals surface area contributed by atoms with Gasteiger partial charge in [0.1, 0.15) is 0 Å². The van der Waals surface area contributed by atoms with Crippen LogP contribution in [0.25, 0.3) is 0 Å². The molecule has 1 aliphatic rings. The first kappa shape index (κ1) is 20.9. The van der Waals surface area contributed by atoms with Gasteiger partial charge < -0.3 is 10.1 Å². The van der Waals surface area contributed by atoms with Gasteiger partial charge in [0.05, 0.1) is 5.71 Å². The summed E-state index contributed by atoms with van der Waals surface area (Å²) in [4.78, 5) is 2.61. The zero-order valence-corrected chi connectivity index (χ0v) is 17.4. The summed E-state index contributed by atoms with van der Waals surface area (Å²) in [6.07, 6.45) is 9.21. The highest BCUT2D eigenvalue weighted by Gasteiger charge is 2.10. The van der Waals surface area contributed by atoms with Crippen molar-refractivity contribution in [2.24, 2.45) is 5.16 Å². The Morgan fingerprint density at radius 3 is 2.18 bits per heavy atom. The van der Waals surface area contributed by atoms with E-state index in [2.05, 4.69) is 34.3 Å². The molecule has 0 bridgehead atoms. The number of oxime groups is 1. The molecule has 1 aliphatic heterocycles. The lowest BCUT2D eigenvalue weighted by Gasteiger charge is -2.26. The fraction of sp³-hybridized carbons (Fsp3) is 0.458. The van der Waals surface area contributed by atoms with Gasteiger partial charge >= 0.3 is 0 Å². The number of likely N-dealkylation sites (tertiary alicyclic amines) is 1. The Bertz CT molecular complexity index is 751. The summed E-state index contributed by atoms with van der Waals surface area (Å²) in [7, 11) is 0. The van der Waals surface area contributed by atoms with Crippen LogP contribution in [0, 0.1) is 0 Å². The molecule has 0 amide bonds. The van der Waals surface area contributed by atoms with E-state index >= 15 is 0 Å². The van der Waals surface area contributed by atoms with E-state index in [9.17, 15) is 5.21 Å². The topological polar surface area (TPSA) is 35.8 Å². The van der Waals surface area contributed by atoms with Gasteiger partial charge in [0.15, 0.2) is 0 Å². The van der Waals surface area contributed by atoms with Crippen LogP contribution in [0.2, 0.25) is 5.02 Å². The van der Waals surface area contributed by atoms with Crippen LogP contribution in [0.5, 0.6) is 0 Å². The highest BCUT2D eigenvalue weighted by molar-refractivity contribution is 6.30. The van der Waals surface area contributed by atoms with E-state index in [4.69, 9.17) is 11.6 Å². The average Bonchev–Trinajstić information content (AvgIpc) is 2.74. The van der Waals surface area contributed by atoms with Crippen molar-refractivity contribution >= 4 is 17.3 Å². The van der Waals surface area contributed by atoms with Crippen molar-refractivity contribution in [1.82, 2.24) is 4.90 Å². The summed E-state index contributed by atoms with van der Waals surface area (Å²) in [5.41, 5.74) is 4.55. The second-order valence-corrected chi connectivity index (χ2v) is 8.12. The van der Waals surface area contributed by atoms with E-state index in [0.717, 1.165) is 37.0 Å². The summed E-state index contributed by atoms with van der Waals surface area (Å²) in [5.74, 6) is 0. The summed E-state index contributed by atoms with van der Waals surface area (Å²) >= 11 is 5.95. The lowest BCUT2D eigenvalue weighted by atomic mass is 9.96. The Morgan fingerprint density at radius 1 is 0.893 bits per heavy atom. The maximum Gasteiger partial charge on any atom is 0.0867 e. The molecule has 0 aromatic heterocycles. The van der Waals surface area contributed by atoms with Crippen molar-refractivity contribution in [2.45, 2.75) is 51.4 Å². The third kappa shape index (κ3) is 6.35. The fourth-order valence-corrected chi connectivity index (χ4v) is 4.19. The van der Waals surface area contributed by atoms with Gasteiger partial charge in [-0.25, -0.2) is 0 Å². The minimum Gasteiger partial charge on any atom is -0.411 e. The molecule has 0 saturated carbocycles. The van der Waals surface area contributed by atoms with Gasteiger partial charge in [0.25, 0.3) is 0 Å². The molecule has 0 unspecified atom stereocenters. The molecule has 28 heavy (non-hydrogen) atoms. The molecule has 1 heterocycles. The highest BCUT2D eigenvalue weighted by atomic mass is 35.5. The molecule has 1 N–H and O–H groups in total. The summed E-state index contributed by atoms with van der Waals surface area (Å²) in [5, 5.41) is 13.6. The second kappa shape index (κ2) is 11.2. The number of rotatable bonds is 9. The van der Waals surface area contributed by atoms with Crippen molar-refractivity contribution in [3.8, 4) is 0 Å². The number of benzene rings is 2. The second-order valence-electron chi connectivity index (χ2n) is 7.68. The minimum absolute atomic E-state index is 0.694. The number of piperidine rings is 1. The quantitative estimate of drug-likeness (QED) is 0.321. The molecule has 2 aromatic carbocycles. The highest BCUT2D eigenvalue weighted by Crippen LogP contribution is 2.18. The Labute approximate surface area is 174 Å². The zero-order valence-electron chi connectivity index (χ0n) is 16.6. The lowest BCUT2D eigenvalue weighted by molar-refractivity contribution is 0.226. The Kier molecular flexibility index (Phi) is 8.38. The molecule has 1 saturated heterocycles. The smallest absolute Gasteiger partial charge is 0.0867 e. The van der Waals surface area contributed by atoms with Crippen LogP contribution in [0.3, 0.4) is 0 Å². The number of halogens is 1. The summed E-state index contributed by atoms with van der Waals surface area (Å²) in [6.45, 7) is 3.76. The van der Waals surface area contributed by atoms with Crippen LogP contribution in [0.4, 0.5) is 0 Å². The largest absolute Gasteiger partial charge is 0.411 e. The average molecular weight is 399 g/mol. The molecule has 0 spiro atoms. The lowest BCUT2D eigenvalue weighted by Crippen LogP contribution is -2.30. The van der Waals surface area contributed by atoms with Crippen LogP contribution in [-0.2, 0) is 12.8 Å². The molecule has 1 fully saturated rings. The molecule has 2 aromatic rings. The Morgan fingerprint density at radius 2 is 1.54 bits per heavy atom. The van der Waals surface area contributed by atoms with E-state index in [1.165, 1.54) is 56.4 Å². The first-order chi connectivity index (χ1) is 13.8. The number of hydrogen-bond donors (Lipinski definition) is 1. The predicted molar refractivity (Wildman–Crippen MR) is 118 cm³/mol. The van der Waals surface area contributed by atoms with Gasteiger partial charge in [-0.2, -0.15) is 0 Å². The van der Waals surface area contributed by atoms with Gasteiger partial charge in [0.2, 0.25) is 0 Å². The third-order valence-electron chi connectivity index (χ3n) is 5.65. The molecular formula is C24H31ClN2O. The molecule has 3 nitrogen and oxygen atoms in total. The Hall–Kier alpha value is -1.84. The number of hydrogen-bond acceptors (Lipinski definition) is 3. The molecule has 3 rings (SSSR count). The third-order valence-corrected chi connectivity index (χ3v) is 5.90. The van der Waals surface area contributed by atoms with Crippen LogP contribution in [0.15, 0.2) is 53.7 Å². The van der Waals surface area contributed by atoms with E-state index in [1.54, 1.807) is 0 Å². The molecule has 0 radical (unpaired) electrons. The van der Waals surface area contributed by atoms with Gasteiger partial charge in [-0.3, -0.25) is 0 Å². The van der Waals surface area contributed by atoms with Crippen LogP contribution >= 0.6 is 11.6 Å². The van der Waals surface area contributed by atoms with Crippen molar-refractivity contribution < 1.29 is 5.21 Å². The predicted octanol–water partition coefficient (Wildman–Crippen LogP) is 5.96. The molecule has 4 heteroatoms. The Balaban J connectivity index is 1.49. The SMILES string of the molecule is ON=C(CCCc1ccccc1CCCN1CCCCC1)c1ccc(Cl)cc1. The van der Waals surface area contributed by atoms with Gasteiger partial charge in [-0.05, 0) is 93.4 Å². The first-order valence-corrected chi connectivity index (χ1v) is 10.9. The van der Waals surface area contributed by atoms with E-state index in [1.807, 2.05) is 24.3 Å². The zero-order chi connectivity index (χ0) is 19.6.